The molecule has 0 fully saturated rings. The Morgan fingerprint density at radius 2 is 2.00 bits per heavy atom. The number of aliphatic hydroxyl groups excluding tert-OH is 1. The molecule has 172 valence electrons. The van der Waals surface area contributed by atoms with Crippen LogP contribution in [0.2, 0.25) is 5.02 Å². The summed E-state index contributed by atoms with van der Waals surface area (Å²) < 4.78 is 49.1. The first-order chi connectivity index (χ1) is 14.1. The van der Waals surface area contributed by atoms with Crippen molar-refractivity contribution in [3.8, 4) is 5.75 Å². The number of esters is 1. The van der Waals surface area contributed by atoms with Gasteiger partial charge in [0.15, 0.2) is 0 Å². The molecule has 0 radical (unpaired) electrons. The minimum atomic E-state index is -4.80. The Labute approximate surface area is 176 Å². The van der Waals surface area contributed by atoms with E-state index in [1.54, 1.807) is 20.9 Å². The normalized spacial score (nSPS) is 14.8. The number of ether oxygens (including phenoxy) is 2. The highest BCUT2D eigenvalue weighted by Crippen LogP contribution is 2.41. The Bertz CT molecular complexity index is 730. The molecule has 1 aliphatic heterocycles. The molecule has 0 aliphatic carbocycles. The number of alkyl halides is 3. The lowest BCUT2D eigenvalue weighted by Gasteiger charge is -2.29. The number of aryl methyl sites for hydroxylation is 1. The molecule has 2 rings (SSSR count). The Morgan fingerprint density at radius 1 is 1.40 bits per heavy atom. The van der Waals surface area contributed by atoms with E-state index in [9.17, 15) is 18.0 Å². The maximum Gasteiger partial charge on any atom is 0.430 e. The fourth-order valence-electron chi connectivity index (χ4n) is 2.33. The van der Waals surface area contributed by atoms with Gasteiger partial charge in [0.2, 0.25) is 12.9 Å². The summed E-state index contributed by atoms with van der Waals surface area (Å²) in [6.07, 6.45) is -6.18. The van der Waals surface area contributed by atoms with Gasteiger partial charge in [0.1, 0.15) is 5.75 Å². The molecule has 13 heteroatoms. The molecule has 8 N–H and O–H groups in total. The van der Waals surface area contributed by atoms with Crippen molar-refractivity contribution in [2.24, 2.45) is 5.90 Å². The van der Waals surface area contributed by atoms with Crippen molar-refractivity contribution in [1.29, 1.82) is 0 Å². The van der Waals surface area contributed by atoms with Gasteiger partial charge in [-0.3, -0.25) is 4.84 Å². The number of carbonyl (C=O) groups is 1. The van der Waals surface area contributed by atoms with Gasteiger partial charge in [-0.2, -0.15) is 13.2 Å². The number of halogens is 4. The first-order valence-corrected chi connectivity index (χ1v) is 8.76. The van der Waals surface area contributed by atoms with E-state index in [0.717, 1.165) is 6.08 Å². The fourth-order valence-corrected chi connectivity index (χ4v) is 2.48. The molecule has 30 heavy (non-hydrogen) atoms. The van der Waals surface area contributed by atoms with E-state index in [1.165, 1.54) is 6.07 Å². The van der Waals surface area contributed by atoms with Crippen molar-refractivity contribution in [1.82, 2.24) is 5.32 Å². The smallest absolute Gasteiger partial charge is 0.430 e. The van der Waals surface area contributed by atoms with Gasteiger partial charge in [-0.25, -0.2) is 21.8 Å². The van der Waals surface area contributed by atoms with Crippen molar-refractivity contribution in [2.45, 2.75) is 26.1 Å². The number of nitrogens with two attached hydrogens (primary N) is 1. The number of likely N-dealkylation sites (N-methyl/N-ethyl adjacent to an activating group) is 1. The van der Waals surface area contributed by atoms with Crippen molar-refractivity contribution in [2.75, 3.05) is 27.0 Å². The van der Waals surface area contributed by atoms with Crippen molar-refractivity contribution in [3.63, 3.8) is 0 Å². The quantitative estimate of drug-likeness (QED) is 0.247. The lowest BCUT2D eigenvalue weighted by molar-refractivity contribution is -0.670. The molecule has 0 saturated heterocycles. The molecule has 0 amide bonds. The van der Waals surface area contributed by atoms with Gasteiger partial charge in [-0.05, 0) is 44.2 Å². The molecule has 0 bridgehead atoms. The second-order valence-corrected chi connectivity index (χ2v) is 6.10. The third kappa shape index (κ3) is 7.72. The van der Waals surface area contributed by atoms with Crippen LogP contribution in [-0.2, 0) is 14.4 Å². The second-order valence-electron chi connectivity index (χ2n) is 5.73. The molecule has 1 aliphatic rings. The monoisotopic (exact) mass is 460 g/mol. The predicted octanol–water partition coefficient (Wildman–Crippen LogP) is 0.870. The van der Waals surface area contributed by atoms with E-state index in [0.29, 0.717) is 28.3 Å². The molecule has 0 aromatic heterocycles. The highest BCUT2D eigenvalue weighted by atomic mass is 35.5. The molecular formula is C17H26ClF3N3O6+. The number of carbonyl (C=O) groups excluding carboxylic acids is 1. The largest absolute Gasteiger partial charge is 0.475 e. The molecule has 0 saturated carbocycles. The van der Waals surface area contributed by atoms with Crippen LogP contribution < -0.4 is 21.8 Å². The number of fused-ring (bicyclic) bond motifs is 1. The number of aliphatic hydroxyl groups is 1. The van der Waals surface area contributed by atoms with Crippen LogP contribution in [0.3, 0.4) is 0 Å². The summed E-state index contributed by atoms with van der Waals surface area (Å²) in [7, 11) is 1.80. The molecule has 9 nitrogen and oxygen atoms in total. The molecule has 1 aromatic rings. The average molecular weight is 461 g/mol. The zero-order chi connectivity index (χ0) is 23.5. The topological polar surface area (TPSA) is 151 Å². The molecule has 1 atom stereocenters. The first kappa shape index (κ1) is 28.1. The Balaban J connectivity index is 0.00000105. The van der Waals surface area contributed by atoms with Crippen LogP contribution in [0.15, 0.2) is 11.6 Å². The fraction of sp³-hybridized carbons (Fsp3) is 0.471. The number of quaternary nitrogens is 1. The van der Waals surface area contributed by atoms with E-state index >= 15 is 0 Å². The van der Waals surface area contributed by atoms with Crippen LogP contribution in [0.5, 0.6) is 5.75 Å². The van der Waals surface area contributed by atoms with Gasteiger partial charge in [-0.1, -0.05) is 11.6 Å². The Kier molecular flexibility index (Phi) is 12.5. The molecule has 1 heterocycles. The third-order valence-corrected chi connectivity index (χ3v) is 4.25. The van der Waals surface area contributed by atoms with Gasteiger partial charge in [0.05, 0.1) is 12.2 Å². The van der Waals surface area contributed by atoms with E-state index < -0.39 is 30.6 Å². The second kappa shape index (κ2) is 13.4. The summed E-state index contributed by atoms with van der Waals surface area (Å²) in [5.74, 6) is 5.71. The number of rotatable bonds is 5. The summed E-state index contributed by atoms with van der Waals surface area (Å²) in [4.78, 5) is 15.9. The lowest BCUT2D eigenvalue weighted by atomic mass is 9.96. The first-order valence-electron chi connectivity index (χ1n) is 8.39. The van der Waals surface area contributed by atoms with Gasteiger partial charge in [0, 0.05) is 17.1 Å². The van der Waals surface area contributed by atoms with E-state index in [4.69, 9.17) is 32.5 Å². The van der Waals surface area contributed by atoms with Gasteiger partial charge < -0.3 is 19.9 Å². The summed E-state index contributed by atoms with van der Waals surface area (Å²) in [6, 6.07) is 1.39. The van der Waals surface area contributed by atoms with Crippen LogP contribution in [-0.4, -0.2) is 55.6 Å². The maximum atomic E-state index is 13.2. The number of hydrogen-bond acceptors (Lipinski definition) is 8. The number of benzene rings is 1. The van der Waals surface area contributed by atoms with Crippen LogP contribution in [0.25, 0.3) is 6.08 Å². The van der Waals surface area contributed by atoms with Gasteiger partial charge >= 0.3 is 12.1 Å². The molecule has 0 spiro atoms. The predicted molar refractivity (Wildman–Crippen MR) is 101 cm³/mol. The number of hydrogen-bond donors (Lipinski definition) is 5. The Morgan fingerprint density at radius 3 is 2.43 bits per heavy atom. The minimum Gasteiger partial charge on any atom is -0.475 e. The third-order valence-electron chi connectivity index (χ3n) is 3.67. The van der Waals surface area contributed by atoms with Gasteiger partial charge in [-0.15, -0.1) is 0 Å². The van der Waals surface area contributed by atoms with Crippen molar-refractivity contribution < 1.29 is 48.5 Å². The molecule has 1 aromatic carbocycles. The van der Waals surface area contributed by atoms with Crippen molar-refractivity contribution >= 4 is 23.6 Å². The van der Waals surface area contributed by atoms with Crippen LogP contribution >= 0.6 is 11.6 Å². The Hall–Kier alpha value is -1.93. The highest BCUT2D eigenvalue weighted by Gasteiger charge is 2.49. The molecular weight excluding hydrogens is 435 g/mol. The van der Waals surface area contributed by atoms with E-state index in [-0.39, 0.29) is 12.4 Å². The van der Waals surface area contributed by atoms with Crippen LogP contribution in [0.4, 0.5) is 13.2 Å². The zero-order valence-electron chi connectivity index (χ0n) is 16.7. The van der Waals surface area contributed by atoms with Gasteiger partial charge in [0.25, 0.3) is 0 Å². The standard InChI is InChI=1S/C14H13ClF3NO4.C3H9NO.H4NO/c1-6-3-10-8(7(2)11(6)15)4-9(13(20)21-5-22-19)12(23-10)14(16,17)18;1-4-2-3-5;1-2/h3-4,12H,5,19H2,1-2H3;4-5H,2-3H2,1H3;2H,1H3/q;;+1. The summed E-state index contributed by atoms with van der Waals surface area (Å²) in [5, 5.41) is 17.9. The van der Waals surface area contributed by atoms with Crippen molar-refractivity contribution in [3.05, 3.63) is 33.4 Å². The summed E-state index contributed by atoms with van der Waals surface area (Å²) in [6.45, 7) is 3.51. The zero-order valence-corrected chi connectivity index (χ0v) is 17.4. The number of nitrogens with one attached hydrogen (secondary N) is 1. The lowest BCUT2D eigenvalue weighted by Crippen LogP contribution is -2.42. The molecule has 1 unspecified atom stereocenters. The average Bonchev–Trinajstić information content (AvgIpc) is 2.71. The summed E-state index contributed by atoms with van der Waals surface area (Å²) >= 11 is 6.09. The van der Waals surface area contributed by atoms with Crippen LogP contribution in [0, 0.1) is 13.8 Å². The SMILES string of the molecule is CNCCO.Cc1cc2c(c(C)c1Cl)C=C(C(=O)OCON)C(C(F)(F)F)O2.[NH3+]O. The summed E-state index contributed by atoms with van der Waals surface area (Å²) in [5.41, 5.74) is 0.661. The van der Waals surface area contributed by atoms with Crippen LogP contribution in [0.1, 0.15) is 16.7 Å². The minimum absolute atomic E-state index is 0.00153. The van der Waals surface area contributed by atoms with E-state index in [1.807, 2.05) is 0 Å². The maximum absolute atomic E-state index is 13.2. The van der Waals surface area contributed by atoms with E-state index in [2.05, 4.69) is 20.8 Å². The highest BCUT2D eigenvalue weighted by molar-refractivity contribution is 6.32.